The van der Waals surface area contributed by atoms with E-state index in [1.54, 1.807) is 0 Å². The lowest BCUT2D eigenvalue weighted by molar-refractivity contribution is 0.149. The van der Waals surface area contributed by atoms with Crippen molar-refractivity contribution in [3.05, 3.63) is 0 Å². The summed E-state index contributed by atoms with van der Waals surface area (Å²) in [5, 5.41) is 3.25. The maximum Gasteiger partial charge on any atom is 0.220 e. The van der Waals surface area contributed by atoms with Gasteiger partial charge in [-0.25, -0.2) is 4.99 Å². The van der Waals surface area contributed by atoms with E-state index in [1.807, 2.05) is 0 Å². The van der Waals surface area contributed by atoms with E-state index in [1.165, 1.54) is 0 Å². The van der Waals surface area contributed by atoms with Gasteiger partial charge >= 0.3 is 0 Å². The Kier molecular flexibility index (Phi) is 3.48. The van der Waals surface area contributed by atoms with Crippen molar-refractivity contribution in [1.82, 2.24) is 5.32 Å². The van der Waals surface area contributed by atoms with Gasteiger partial charge in [-0.05, 0) is 12.8 Å². The molecule has 0 aromatic rings. The number of nitrogens with two attached hydrogens (primary N) is 4. The summed E-state index contributed by atoms with van der Waals surface area (Å²) in [4.78, 5) is 7.58. The van der Waals surface area contributed by atoms with Crippen LogP contribution in [0.15, 0.2) is 9.98 Å². The SMILES string of the molecule is CC1NC(C(N)N=C(N)N=C(N)N)C1C. The van der Waals surface area contributed by atoms with Crippen LogP contribution in [0.1, 0.15) is 13.8 Å². The Labute approximate surface area is 89.0 Å². The van der Waals surface area contributed by atoms with Gasteiger partial charge in [0.2, 0.25) is 5.96 Å². The van der Waals surface area contributed by atoms with Gasteiger partial charge in [0.05, 0.1) is 0 Å². The molecule has 86 valence electrons. The number of nitrogens with one attached hydrogen (secondary N) is 1. The molecule has 0 radical (unpaired) electrons. The van der Waals surface area contributed by atoms with Crippen molar-refractivity contribution >= 4 is 11.9 Å². The van der Waals surface area contributed by atoms with Gasteiger partial charge in [-0.3, -0.25) is 0 Å². The number of aliphatic imine (C=N–C) groups is 2. The molecule has 1 fully saturated rings. The van der Waals surface area contributed by atoms with Crippen LogP contribution in [0.4, 0.5) is 0 Å². The molecule has 0 aromatic heterocycles. The second-order valence-corrected chi connectivity index (χ2v) is 3.85. The highest BCUT2D eigenvalue weighted by molar-refractivity contribution is 5.92. The van der Waals surface area contributed by atoms with Gasteiger partial charge in [0.1, 0.15) is 6.17 Å². The summed E-state index contributed by atoms with van der Waals surface area (Å²) in [7, 11) is 0. The number of guanidine groups is 2. The molecule has 9 N–H and O–H groups in total. The third-order valence-corrected chi connectivity index (χ3v) is 2.70. The molecule has 1 heterocycles. The zero-order chi connectivity index (χ0) is 11.6. The van der Waals surface area contributed by atoms with Gasteiger partial charge in [0, 0.05) is 12.1 Å². The van der Waals surface area contributed by atoms with Gasteiger partial charge in [-0.1, -0.05) is 6.92 Å². The number of hydrogen-bond donors (Lipinski definition) is 5. The maximum atomic E-state index is 5.83. The Bertz CT molecular complexity index is 281. The Morgan fingerprint density at radius 2 is 1.87 bits per heavy atom. The summed E-state index contributed by atoms with van der Waals surface area (Å²) >= 11 is 0. The maximum absolute atomic E-state index is 5.83. The van der Waals surface area contributed by atoms with Crippen molar-refractivity contribution in [1.29, 1.82) is 0 Å². The predicted molar refractivity (Wildman–Crippen MR) is 61.0 cm³/mol. The minimum Gasteiger partial charge on any atom is -0.370 e. The molecular weight excluding hydrogens is 194 g/mol. The standard InChI is InChI=1S/C8H19N7/c1-3-4(2)13-5(3)6(9)14-8(12)15-7(10)11/h3-6,13H,9H2,1-2H3,(H6,10,11,12,14,15). The summed E-state index contributed by atoms with van der Waals surface area (Å²) in [5.74, 6) is 0.359. The van der Waals surface area contributed by atoms with Crippen LogP contribution >= 0.6 is 0 Å². The summed E-state index contributed by atoms with van der Waals surface area (Å²) < 4.78 is 0. The summed E-state index contributed by atoms with van der Waals surface area (Å²) in [6, 6.07) is 0.591. The summed E-state index contributed by atoms with van der Waals surface area (Å²) in [5.41, 5.74) is 21.6. The van der Waals surface area contributed by atoms with E-state index in [4.69, 9.17) is 22.9 Å². The Morgan fingerprint density at radius 3 is 2.27 bits per heavy atom. The first-order valence-electron chi connectivity index (χ1n) is 4.86. The molecule has 0 bridgehead atoms. The normalized spacial score (nSPS) is 33.0. The molecule has 4 unspecified atom stereocenters. The first-order valence-corrected chi connectivity index (χ1v) is 4.86. The van der Waals surface area contributed by atoms with Crippen LogP contribution < -0.4 is 28.3 Å². The zero-order valence-corrected chi connectivity index (χ0v) is 9.01. The molecule has 1 aliphatic heterocycles. The van der Waals surface area contributed by atoms with Crippen LogP contribution in [0, 0.1) is 5.92 Å². The average molecular weight is 213 g/mol. The fourth-order valence-electron chi connectivity index (χ4n) is 1.60. The molecule has 0 amide bonds. The third-order valence-electron chi connectivity index (χ3n) is 2.70. The molecule has 0 saturated carbocycles. The molecule has 15 heavy (non-hydrogen) atoms. The van der Waals surface area contributed by atoms with E-state index in [-0.39, 0.29) is 18.0 Å². The quantitative estimate of drug-likeness (QED) is 0.263. The predicted octanol–water partition coefficient (Wildman–Crippen LogP) is -2.14. The second-order valence-electron chi connectivity index (χ2n) is 3.85. The van der Waals surface area contributed by atoms with Crippen LogP contribution in [0.5, 0.6) is 0 Å². The summed E-state index contributed by atoms with van der Waals surface area (Å²) in [6.45, 7) is 4.20. The average Bonchev–Trinajstić information content (AvgIpc) is 2.11. The van der Waals surface area contributed by atoms with Crippen molar-refractivity contribution in [2.75, 3.05) is 0 Å². The Balaban J connectivity index is 2.55. The summed E-state index contributed by atoms with van der Waals surface area (Å²) in [6.07, 6.45) is -0.417. The van der Waals surface area contributed by atoms with E-state index in [0.29, 0.717) is 12.0 Å². The van der Waals surface area contributed by atoms with Crippen molar-refractivity contribution < 1.29 is 0 Å². The van der Waals surface area contributed by atoms with Crippen molar-refractivity contribution in [3.8, 4) is 0 Å². The van der Waals surface area contributed by atoms with E-state index < -0.39 is 6.17 Å². The third kappa shape index (κ3) is 2.80. The van der Waals surface area contributed by atoms with Gasteiger partial charge in [-0.15, -0.1) is 0 Å². The van der Waals surface area contributed by atoms with Crippen molar-refractivity contribution in [3.63, 3.8) is 0 Å². The molecule has 0 aliphatic carbocycles. The molecule has 1 aliphatic rings. The second kappa shape index (κ2) is 4.45. The lowest BCUT2D eigenvalue weighted by Crippen LogP contribution is -2.65. The van der Waals surface area contributed by atoms with Gasteiger partial charge in [0.25, 0.3) is 0 Å². The van der Waals surface area contributed by atoms with Crippen molar-refractivity contribution in [2.45, 2.75) is 32.1 Å². The topological polar surface area (TPSA) is 141 Å². The van der Waals surface area contributed by atoms with Crippen LogP contribution in [0.25, 0.3) is 0 Å². The monoisotopic (exact) mass is 213 g/mol. The molecule has 7 nitrogen and oxygen atoms in total. The molecular formula is C8H19N7. The fraction of sp³-hybridized carbons (Fsp3) is 0.750. The number of hydrogen-bond acceptors (Lipinski definition) is 3. The molecule has 4 atom stereocenters. The first kappa shape index (κ1) is 11.7. The first-order chi connectivity index (χ1) is 6.91. The van der Waals surface area contributed by atoms with Crippen molar-refractivity contribution in [2.24, 2.45) is 38.8 Å². The van der Waals surface area contributed by atoms with E-state index in [0.717, 1.165) is 0 Å². The fourth-order valence-corrected chi connectivity index (χ4v) is 1.60. The highest BCUT2D eigenvalue weighted by Crippen LogP contribution is 2.22. The smallest absolute Gasteiger partial charge is 0.220 e. The van der Waals surface area contributed by atoms with E-state index in [2.05, 4.69) is 29.1 Å². The Morgan fingerprint density at radius 1 is 1.27 bits per heavy atom. The van der Waals surface area contributed by atoms with Gasteiger partial charge in [-0.2, -0.15) is 4.99 Å². The molecule has 0 spiro atoms. The van der Waals surface area contributed by atoms with E-state index in [9.17, 15) is 0 Å². The molecule has 1 saturated heterocycles. The van der Waals surface area contributed by atoms with Gasteiger partial charge in [0.15, 0.2) is 5.96 Å². The lowest BCUT2D eigenvalue weighted by atomic mass is 9.84. The number of nitrogens with zero attached hydrogens (tertiary/aromatic N) is 2. The largest absolute Gasteiger partial charge is 0.370 e. The molecule has 1 rings (SSSR count). The molecule has 7 heteroatoms. The van der Waals surface area contributed by atoms with Crippen LogP contribution in [0.2, 0.25) is 0 Å². The highest BCUT2D eigenvalue weighted by Gasteiger charge is 2.37. The Hall–Kier alpha value is -1.34. The van der Waals surface area contributed by atoms with Crippen LogP contribution in [-0.4, -0.2) is 30.2 Å². The van der Waals surface area contributed by atoms with E-state index >= 15 is 0 Å². The minimum absolute atomic E-state index is 0.0102. The van der Waals surface area contributed by atoms with Gasteiger partial charge < -0.3 is 28.3 Å². The lowest BCUT2D eigenvalue weighted by Gasteiger charge is -2.44. The minimum atomic E-state index is -0.417. The number of rotatable bonds is 2. The highest BCUT2D eigenvalue weighted by atomic mass is 15.2. The molecule has 0 aromatic carbocycles. The zero-order valence-electron chi connectivity index (χ0n) is 9.01. The van der Waals surface area contributed by atoms with Crippen LogP contribution in [-0.2, 0) is 0 Å². The van der Waals surface area contributed by atoms with Crippen LogP contribution in [0.3, 0.4) is 0 Å².